The molecule has 2 N–H and O–H groups in total. The third kappa shape index (κ3) is 2.91. The van der Waals surface area contributed by atoms with E-state index in [4.69, 9.17) is 4.74 Å². The molecular weight excluding hydrogens is 314 g/mol. The second kappa shape index (κ2) is 6.19. The van der Waals surface area contributed by atoms with Gasteiger partial charge >= 0.3 is 5.97 Å². The number of ether oxygens (including phenoxy) is 1. The van der Waals surface area contributed by atoms with Gasteiger partial charge in [0.25, 0.3) is 0 Å². The summed E-state index contributed by atoms with van der Waals surface area (Å²) >= 11 is 0. The minimum Gasteiger partial charge on any atom is -0.496 e. The van der Waals surface area contributed by atoms with Crippen molar-refractivity contribution in [1.82, 2.24) is 5.32 Å². The van der Waals surface area contributed by atoms with Crippen LogP contribution in [0.25, 0.3) is 11.1 Å². The lowest BCUT2D eigenvalue weighted by molar-refractivity contribution is 0.0697. The van der Waals surface area contributed by atoms with Gasteiger partial charge in [-0.3, -0.25) is 0 Å². The molecule has 2 aromatic carbocycles. The molecule has 2 aliphatic rings. The predicted octanol–water partition coefficient (Wildman–Crippen LogP) is 3.92. The molecule has 1 spiro atoms. The van der Waals surface area contributed by atoms with Gasteiger partial charge in [-0.15, -0.1) is 0 Å². The molecule has 1 aliphatic carbocycles. The normalized spacial score (nSPS) is 24.9. The average molecular weight is 337 g/mol. The second-order valence-electron chi connectivity index (χ2n) is 7.37. The Hall–Kier alpha value is -2.33. The summed E-state index contributed by atoms with van der Waals surface area (Å²) < 4.78 is 5.41. The molecule has 2 fully saturated rings. The van der Waals surface area contributed by atoms with Crippen molar-refractivity contribution < 1.29 is 14.6 Å². The lowest BCUT2D eigenvalue weighted by atomic mass is 9.59. The quantitative estimate of drug-likeness (QED) is 0.888. The van der Waals surface area contributed by atoms with Crippen LogP contribution in [0.3, 0.4) is 0 Å². The highest BCUT2D eigenvalue weighted by Crippen LogP contribution is 2.54. The lowest BCUT2D eigenvalue weighted by Crippen LogP contribution is -2.37. The Labute approximate surface area is 147 Å². The van der Waals surface area contributed by atoms with Gasteiger partial charge in [0.15, 0.2) is 0 Å². The van der Waals surface area contributed by atoms with Gasteiger partial charge in [-0.25, -0.2) is 4.79 Å². The SMILES string of the molecule is COc1ccc(C(=O)O)cc1-c1ccc(C2CC3(CCNC3)C2)cc1. The molecule has 130 valence electrons. The molecule has 0 bridgehead atoms. The van der Waals surface area contributed by atoms with Crippen LogP contribution in [0.2, 0.25) is 0 Å². The number of carboxylic acids is 1. The van der Waals surface area contributed by atoms with E-state index in [0.717, 1.165) is 17.7 Å². The summed E-state index contributed by atoms with van der Waals surface area (Å²) in [6, 6.07) is 13.5. The van der Waals surface area contributed by atoms with Crippen molar-refractivity contribution in [2.24, 2.45) is 5.41 Å². The zero-order valence-electron chi connectivity index (χ0n) is 14.4. The minimum absolute atomic E-state index is 0.273. The summed E-state index contributed by atoms with van der Waals surface area (Å²) in [5.41, 5.74) is 4.01. The molecule has 0 amide bonds. The predicted molar refractivity (Wildman–Crippen MR) is 97.3 cm³/mol. The van der Waals surface area contributed by atoms with Crippen LogP contribution in [0.4, 0.5) is 0 Å². The van der Waals surface area contributed by atoms with Crippen LogP contribution < -0.4 is 10.1 Å². The van der Waals surface area contributed by atoms with Gasteiger partial charge in [-0.1, -0.05) is 24.3 Å². The Morgan fingerprint density at radius 1 is 1.20 bits per heavy atom. The molecular formula is C21H23NO3. The topological polar surface area (TPSA) is 58.6 Å². The Morgan fingerprint density at radius 3 is 2.56 bits per heavy atom. The van der Waals surface area contributed by atoms with Crippen LogP contribution in [-0.2, 0) is 0 Å². The molecule has 2 aromatic rings. The summed E-state index contributed by atoms with van der Waals surface area (Å²) in [4.78, 5) is 11.3. The minimum atomic E-state index is -0.925. The number of carbonyl (C=O) groups is 1. The van der Waals surface area contributed by atoms with Gasteiger partial charge in [-0.05, 0) is 66.5 Å². The first-order valence-electron chi connectivity index (χ1n) is 8.83. The zero-order valence-corrected chi connectivity index (χ0v) is 14.4. The van der Waals surface area contributed by atoms with Crippen LogP contribution in [0.5, 0.6) is 5.75 Å². The van der Waals surface area contributed by atoms with E-state index in [2.05, 4.69) is 29.6 Å². The van der Waals surface area contributed by atoms with E-state index in [-0.39, 0.29) is 5.56 Å². The maximum atomic E-state index is 11.3. The fourth-order valence-corrected chi connectivity index (χ4v) is 4.37. The van der Waals surface area contributed by atoms with Crippen molar-refractivity contribution in [2.75, 3.05) is 20.2 Å². The summed E-state index contributed by atoms with van der Waals surface area (Å²) in [6.07, 6.45) is 3.86. The molecule has 4 nitrogen and oxygen atoms in total. The third-order valence-corrected chi connectivity index (χ3v) is 5.83. The summed E-state index contributed by atoms with van der Waals surface area (Å²) in [5, 5.41) is 12.7. The van der Waals surface area contributed by atoms with Gasteiger partial charge in [0.2, 0.25) is 0 Å². The second-order valence-corrected chi connectivity index (χ2v) is 7.37. The highest BCUT2D eigenvalue weighted by atomic mass is 16.5. The van der Waals surface area contributed by atoms with Crippen molar-refractivity contribution in [3.8, 4) is 16.9 Å². The van der Waals surface area contributed by atoms with Gasteiger partial charge in [0, 0.05) is 12.1 Å². The molecule has 1 aliphatic heterocycles. The van der Waals surface area contributed by atoms with E-state index >= 15 is 0 Å². The van der Waals surface area contributed by atoms with Gasteiger partial charge in [-0.2, -0.15) is 0 Å². The van der Waals surface area contributed by atoms with Crippen molar-refractivity contribution in [3.05, 3.63) is 53.6 Å². The molecule has 4 heteroatoms. The van der Waals surface area contributed by atoms with E-state index in [1.165, 1.54) is 31.4 Å². The molecule has 25 heavy (non-hydrogen) atoms. The Morgan fingerprint density at radius 2 is 1.96 bits per heavy atom. The number of hydrogen-bond acceptors (Lipinski definition) is 3. The van der Waals surface area contributed by atoms with Crippen molar-refractivity contribution >= 4 is 5.97 Å². The number of hydrogen-bond donors (Lipinski definition) is 2. The standard InChI is InChI=1S/C21H23NO3/c1-25-19-7-6-16(20(23)24)10-18(19)15-4-2-14(3-5-15)17-11-21(12-17)8-9-22-13-21/h2-7,10,17,22H,8-9,11-13H2,1H3,(H,23,24). The van der Waals surface area contributed by atoms with E-state index in [1.54, 1.807) is 25.3 Å². The van der Waals surface area contributed by atoms with Crippen LogP contribution in [0.1, 0.15) is 41.1 Å². The van der Waals surface area contributed by atoms with Crippen LogP contribution in [0.15, 0.2) is 42.5 Å². The molecule has 1 heterocycles. The number of benzene rings is 2. The highest BCUT2D eigenvalue weighted by molar-refractivity contribution is 5.90. The van der Waals surface area contributed by atoms with Crippen molar-refractivity contribution in [2.45, 2.75) is 25.2 Å². The average Bonchev–Trinajstić information content (AvgIpc) is 3.10. The lowest BCUT2D eigenvalue weighted by Gasteiger charge is -2.45. The fraction of sp³-hybridized carbons (Fsp3) is 0.381. The first-order valence-corrected chi connectivity index (χ1v) is 8.83. The Kier molecular flexibility index (Phi) is 4.00. The number of carboxylic acid groups (broad SMARTS) is 1. The maximum Gasteiger partial charge on any atom is 0.335 e. The van der Waals surface area contributed by atoms with E-state index in [0.29, 0.717) is 17.1 Å². The van der Waals surface area contributed by atoms with Crippen LogP contribution in [-0.4, -0.2) is 31.3 Å². The Balaban J connectivity index is 1.56. The molecule has 1 saturated heterocycles. The smallest absolute Gasteiger partial charge is 0.335 e. The highest BCUT2D eigenvalue weighted by Gasteiger charge is 2.46. The third-order valence-electron chi connectivity index (χ3n) is 5.83. The summed E-state index contributed by atoms with van der Waals surface area (Å²) in [7, 11) is 1.61. The molecule has 0 atom stereocenters. The zero-order chi connectivity index (χ0) is 17.4. The van der Waals surface area contributed by atoms with Crippen molar-refractivity contribution in [1.29, 1.82) is 0 Å². The van der Waals surface area contributed by atoms with E-state index in [9.17, 15) is 9.90 Å². The molecule has 0 aromatic heterocycles. The molecule has 1 saturated carbocycles. The van der Waals surface area contributed by atoms with Gasteiger partial charge < -0.3 is 15.2 Å². The van der Waals surface area contributed by atoms with Crippen LogP contribution in [0, 0.1) is 5.41 Å². The number of rotatable bonds is 4. The van der Waals surface area contributed by atoms with Gasteiger partial charge in [0.1, 0.15) is 5.75 Å². The first-order chi connectivity index (χ1) is 12.1. The summed E-state index contributed by atoms with van der Waals surface area (Å²) in [6.45, 7) is 2.33. The van der Waals surface area contributed by atoms with Crippen LogP contribution >= 0.6 is 0 Å². The summed E-state index contributed by atoms with van der Waals surface area (Å²) in [5.74, 6) is 0.420. The first kappa shape index (κ1) is 16.2. The van der Waals surface area contributed by atoms with Crippen molar-refractivity contribution in [3.63, 3.8) is 0 Å². The van der Waals surface area contributed by atoms with E-state index < -0.39 is 5.97 Å². The Bertz CT molecular complexity index is 783. The number of aromatic carboxylic acids is 1. The van der Waals surface area contributed by atoms with E-state index in [1.807, 2.05) is 0 Å². The molecule has 0 radical (unpaired) electrons. The largest absolute Gasteiger partial charge is 0.496 e. The maximum absolute atomic E-state index is 11.3. The molecule has 4 rings (SSSR count). The fourth-order valence-electron chi connectivity index (χ4n) is 4.37. The monoisotopic (exact) mass is 337 g/mol. The van der Waals surface area contributed by atoms with Gasteiger partial charge in [0.05, 0.1) is 12.7 Å². The number of methoxy groups -OCH3 is 1. The number of nitrogens with one attached hydrogen (secondary N) is 1. The molecule has 0 unspecified atom stereocenters.